The number of anilines is 1. The third kappa shape index (κ3) is 3.47. The second-order valence-corrected chi connectivity index (χ2v) is 4.51. The molecule has 1 aromatic heterocycles. The summed E-state index contributed by atoms with van der Waals surface area (Å²) in [6, 6.07) is 8.73. The molecule has 0 unspecified atom stereocenters. The van der Waals surface area contributed by atoms with Gasteiger partial charge in [0.25, 0.3) is 0 Å². The average molecular weight is 287 g/mol. The fraction of sp³-hybridized carbons (Fsp3) is 0.267. The molecule has 110 valence electrons. The number of nitro groups is 1. The van der Waals surface area contributed by atoms with E-state index >= 15 is 0 Å². The number of rotatable bonds is 6. The number of ether oxygens (including phenoxy) is 1. The van der Waals surface area contributed by atoms with Gasteiger partial charge in [-0.2, -0.15) is 0 Å². The molecule has 2 rings (SSSR count). The zero-order valence-electron chi connectivity index (χ0n) is 12.0. The molecule has 0 bridgehead atoms. The van der Waals surface area contributed by atoms with Gasteiger partial charge in [0, 0.05) is 23.9 Å². The van der Waals surface area contributed by atoms with Crippen LogP contribution in [-0.2, 0) is 6.61 Å². The minimum absolute atomic E-state index is 0.00592. The molecular weight excluding hydrogens is 270 g/mol. The number of aryl methyl sites for hydroxylation is 1. The number of nitro benzene ring substituents is 1. The van der Waals surface area contributed by atoms with Crippen molar-refractivity contribution in [3.05, 3.63) is 57.8 Å². The Morgan fingerprint density at radius 3 is 2.86 bits per heavy atom. The highest BCUT2D eigenvalue weighted by molar-refractivity contribution is 5.52. The van der Waals surface area contributed by atoms with E-state index in [2.05, 4.69) is 10.3 Å². The summed E-state index contributed by atoms with van der Waals surface area (Å²) in [4.78, 5) is 14.9. The van der Waals surface area contributed by atoms with E-state index in [9.17, 15) is 10.1 Å². The summed E-state index contributed by atoms with van der Waals surface area (Å²) in [6.45, 7) is 4.64. The lowest BCUT2D eigenvalue weighted by Gasteiger charge is -2.11. The lowest BCUT2D eigenvalue weighted by Crippen LogP contribution is -2.06. The lowest BCUT2D eigenvalue weighted by atomic mass is 10.2. The molecule has 1 N–H and O–H groups in total. The predicted octanol–water partition coefficient (Wildman–Crippen LogP) is 3.31. The van der Waals surface area contributed by atoms with Crippen LogP contribution in [0.1, 0.15) is 18.1 Å². The molecule has 0 aliphatic heterocycles. The lowest BCUT2D eigenvalue weighted by molar-refractivity contribution is -0.386. The van der Waals surface area contributed by atoms with E-state index in [0.717, 1.165) is 17.9 Å². The second-order valence-electron chi connectivity index (χ2n) is 4.51. The Morgan fingerprint density at radius 2 is 2.14 bits per heavy atom. The smallest absolute Gasteiger partial charge is 0.313 e. The van der Waals surface area contributed by atoms with Crippen LogP contribution in [0.25, 0.3) is 0 Å². The minimum Gasteiger partial charge on any atom is -0.482 e. The van der Waals surface area contributed by atoms with Gasteiger partial charge in [-0.1, -0.05) is 18.2 Å². The first kappa shape index (κ1) is 14.8. The Kier molecular flexibility index (Phi) is 4.71. The Morgan fingerprint density at radius 1 is 1.33 bits per heavy atom. The molecule has 0 amide bonds. The molecule has 21 heavy (non-hydrogen) atoms. The van der Waals surface area contributed by atoms with Crippen molar-refractivity contribution in [3.63, 3.8) is 0 Å². The van der Waals surface area contributed by atoms with E-state index in [1.807, 2.05) is 19.1 Å². The minimum atomic E-state index is -0.418. The summed E-state index contributed by atoms with van der Waals surface area (Å²) in [6.07, 6.45) is 1.69. The normalized spacial score (nSPS) is 10.2. The summed E-state index contributed by atoms with van der Waals surface area (Å²) in [5.74, 6) is 1.00. The van der Waals surface area contributed by atoms with Crippen molar-refractivity contribution in [1.29, 1.82) is 0 Å². The van der Waals surface area contributed by atoms with E-state index in [1.165, 1.54) is 0 Å². The van der Waals surface area contributed by atoms with Crippen molar-refractivity contribution in [2.24, 2.45) is 0 Å². The zero-order chi connectivity index (χ0) is 15.2. The summed E-state index contributed by atoms with van der Waals surface area (Å²) >= 11 is 0. The summed E-state index contributed by atoms with van der Waals surface area (Å²) in [5.41, 5.74) is 1.44. The van der Waals surface area contributed by atoms with Gasteiger partial charge in [-0.25, -0.2) is 4.98 Å². The molecule has 0 aliphatic rings. The molecular formula is C15H17N3O3. The van der Waals surface area contributed by atoms with E-state index in [0.29, 0.717) is 5.56 Å². The molecule has 1 aromatic carbocycles. The van der Waals surface area contributed by atoms with Crippen LogP contribution in [0.5, 0.6) is 5.75 Å². The standard InChI is InChI=1S/C15H17N3O3/c1-3-16-15-12(7-5-9-17-15)10-21-13-8-4-6-11(2)14(13)18(19)20/h4-9H,3,10H2,1-2H3,(H,16,17). The van der Waals surface area contributed by atoms with Gasteiger partial charge in [0.15, 0.2) is 5.75 Å². The highest BCUT2D eigenvalue weighted by Gasteiger charge is 2.18. The number of hydrogen-bond donors (Lipinski definition) is 1. The van der Waals surface area contributed by atoms with E-state index < -0.39 is 4.92 Å². The molecule has 0 fully saturated rings. The van der Waals surface area contributed by atoms with Crippen LogP contribution in [0.3, 0.4) is 0 Å². The number of benzene rings is 1. The maximum absolute atomic E-state index is 11.1. The highest BCUT2D eigenvalue weighted by Crippen LogP contribution is 2.31. The predicted molar refractivity (Wildman–Crippen MR) is 80.6 cm³/mol. The fourth-order valence-electron chi connectivity index (χ4n) is 2.02. The van der Waals surface area contributed by atoms with Gasteiger partial charge in [0.05, 0.1) is 4.92 Å². The Bertz CT molecular complexity index is 644. The first-order chi connectivity index (χ1) is 10.1. The molecule has 0 radical (unpaired) electrons. The van der Waals surface area contributed by atoms with Gasteiger partial charge in [-0.3, -0.25) is 10.1 Å². The van der Waals surface area contributed by atoms with Crippen molar-refractivity contribution in [2.45, 2.75) is 20.5 Å². The maximum atomic E-state index is 11.1. The zero-order valence-corrected chi connectivity index (χ0v) is 12.0. The third-order valence-electron chi connectivity index (χ3n) is 3.00. The van der Waals surface area contributed by atoms with Crippen molar-refractivity contribution in [3.8, 4) is 5.75 Å². The molecule has 2 aromatic rings. The van der Waals surface area contributed by atoms with Gasteiger partial charge in [-0.05, 0) is 26.0 Å². The van der Waals surface area contributed by atoms with E-state index in [4.69, 9.17) is 4.74 Å². The van der Waals surface area contributed by atoms with Crippen LogP contribution in [0.2, 0.25) is 0 Å². The van der Waals surface area contributed by atoms with Crippen molar-refractivity contribution >= 4 is 11.5 Å². The largest absolute Gasteiger partial charge is 0.482 e. The molecule has 6 nitrogen and oxygen atoms in total. The summed E-state index contributed by atoms with van der Waals surface area (Å²) < 4.78 is 5.63. The molecule has 0 saturated carbocycles. The fourth-order valence-corrected chi connectivity index (χ4v) is 2.02. The van der Waals surface area contributed by atoms with Crippen LogP contribution in [0.4, 0.5) is 11.5 Å². The van der Waals surface area contributed by atoms with Gasteiger partial charge >= 0.3 is 5.69 Å². The van der Waals surface area contributed by atoms with E-state index in [1.54, 1.807) is 31.3 Å². The van der Waals surface area contributed by atoms with Crippen LogP contribution < -0.4 is 10.1 Å². The highest BCUT2D eigenvalue weighted by atomic mass is 16.6. The van der Waals surface area contributed by atoms with Crippen molar-refractivity contribution < 1.29 is 9.66 Å². The van der Waals surface area contributed by atoms with Gasteiger partial charge in [0.2, 0.25) is 0 Å². The number of aromatic nitrogens is 1. The van der Waals surface area contributed by atoms with Gasteiger partial charge in [-0.15, -0.1) is 0 Å². The van der Waals surface area contributed by atoms with Gasteiger partial charge < -0.3 is 10.1 Å². The molecule has 1 heterocycles. The number of hydrogen-bond acceptors (Lipinski definition) is 5. The molecule has 0 saturated heterocycles. The Hall–Kier alpha value is -2.63. The van der Waals surface area contributed by atoms with Crippen molar-refractivity contribution in [2.75, 3.05) is 11.9 Å². The summed E-state index contributed by atoms with van der Waals surface area (Å²) in [7, 11) is 0. The van der Waals surface area contributed by atoms with E-state index in [-0.39, 0.29) is 18.0 Å². The second kappa shape index (κ2) is 6.69. The third-order valence-corrected chi connectivity index (χ3v) is 3.00. The molecule has 0 atom stereocenters. The van der Waals surface area contributed by atoms with Crippen LogP contribution in [-0.4, -0.2) is 16.5 Å². The van der Waals surface area contributed by atoms with Crippen LogP contribution in [0.15, 0.2) is 36.5 Å². The van der Waals surface area contributed by atoms with Crippen molar-refractivity contribution in [1.82, 2.24) is 4.98 Å². The quantitative estimate of drug-likeness (QED) is 0.651. The van der Waals surface area contributed by atoms with Crippen LogP contribution >= 0.6 is 0 Å². The number of nitrogens with zero attached hydrogens (tertiary/aromatic N) is 2. The Labute approximate surface area is 122 Å². The topological polar surface area (TPSA) is 77.3 Å². The molecule has 0 spiro atoms. The van der Waals surface area contributed by atoms with Gasteiger partial charge in [0.1, 0.15) is 12.4 Å². The first-order valence-corrected chi connectivity index (χ1v) is 6.68. The number of nitrogens with one attached hydrogen (secondary N) is 1. The SMILES string of the molecule is CCNc1ncccc1COc1cccc(C)c1[N+](=O)[O-]. The average Bonchev–Trinajstić information content (AvgIpc) is 2.46. The first-order valence-electron chi connectivity index (χ1n) is 6.68. The summed E-state index contributed by atoms with van der Waals surface area (Å²) in [5, 5.41) is 14.3. The maximum Gasteiger partial charge on any atom is 0.313 e. The monoisotopic (exact) mass is 287 g/mol. The molecule has 0 aliphatic carbocycles. The van der Waals surface area contributed by atoms with Crippen LogP contribution in [0, 0.1) is 17.0 Å². The molecule has 6 heteroatoms. The number of pyridine rings is 1. The Balaban J connectivity index is 2.21. The number of para-hydroxylation sites is 1.